The van der Waals surface area contributed by atoms with Gasteiger partial charge in [-0.2, -0.15) is 0 Å². The van der Waals surface area contributed by atoms with Crippen LogP contribution in [0.1, 0.15) is 84.6 Å². The molecule has 5 rings (SSSR count). The molecule has 4 aliphatic carbocycles. The van der Waals surface area contributed by atoms with Crippen molar-refractivity contribution in [3.8, 4) is 0 Å². The lowest BCUT2D eigenvalue weighted by atomic mass is 9.34. The molecule has 0 amide bonds. The van der Waals surface area contributed by atoms with Crippen LogP contribution in [0.15, 0.2) is 42.5 Å². The second-order valence-electron chi connectivity index (χ2n) is 12.5. The number of fused-ring (bicyclic) bond motifs is 1. The molecule has 1 aromatic rings. The molecule has 2 nitrogen and oxygen atoms in total. The third kappa shape index (κ3) is 3.33. The Morgan fingerprint density at radius 3 is 2.44 bits per heavy atom. The molecule has 0 aliphatic heterocycles. The summed E-state index contributed by atoms with van der Waals surface area (Å²) in [4.78, 5) is 0. The zero-order valence-electron chi connectivity index (χ0n) is 21.6. The van der Waals surface area contributed by atoms with Crippen LogP contribution in [0.4, 0.5) is 0 Å². The van der Waals surface area contributed by atoms with E-state index in [0.29, 0.717) is 6.61 Å². The van der Waals surface area contributed by atoms with E-state index >= 15 is 0 Å². The van der Waals surface area contributed by atoms with Crippen molar-refractivity contribution in [2.24, 2.45) is 16.2 Å². The van der Waals surface area contributed by atoms with Gasteiger partial charge in [-0.15, -0.1) is 0 Å². The van der Waals surface area contributed by atoms with Gasteiger partial charge >= 0.3 is 0 Å². The summed E-state index contributed by atoms with van der Waals surface area (Å²) in [5.74, 6) is 0. The lowest BCUT2D eigenvalue weighted by molar-refractivity contribution is -0.175. The standard InChI is InChI=1S/C29H46O2Si/c1-8-9-17-27-20-25(30-21-24-15-11-10-12-16-24)29(23(27)2)19-14-13-18-28(27,29)22-31-32(6,7)26(3,4)5/h10-12,15-16,25H,2,8-9,13-14,17-22H2,1,3-7H3/t25-,27?,28+,29?/m0/s1. The molecule has 2 bridgehead atoms. The molecule has 178 valence electrons. The van der Waals surface area contributed by atoms with Gasteiger partial charge in [0, 0.05) is 22.9 Å². The van der Waals surface area contributed by atoms with Crippen molar-refractivity contribution in [3.05, 3.63) is 48.0 Å². The van der Waals surface area contributed by atoms with Crippen LogP contribution in [0.25, 0.3) is 0 Å². The molecule has 3 heteroatoms. The van der Waals surface area contributed by atoms with E-state index in [1.807, 2.05) is 0 Å². The van der Waals surface area contributed by atoms with Crippen molar-refractivity contribution < 1.29 is 9.16 Å². The Balaban J connectivity index is 1.65. The molecular weight excluding hydrogens is 408 g/mol. The predicted octanol–water partition coefficient (Wildman–Crippen LogP) is 8.29. The van der Waals surface area contributed by atoms with Gasteiger partial charge in [-0.25, -0.2) is 0 Å². The molecule has 2 unspecified atom stereocenters. The highest BCUT2D eigenvalue weighted by atomic mass is 28.4. The third-order valence-corrected chi connectivity index (χ3v) is 14.6. The van der Waals surface area contributed by atoms with Crippen LogP contribution in [0.2, 0.25) is 18.1 Å². The minimum absolute atomic E-state index is 0.121. The Hall–Kier alpha value is -0.903. The quantitative estimate of drug-likeness (QED) is 0.276. The van der Waals surface area contributed by atoms with E-state index in [1.165, 1.54) is 56.1 Å². The molecule has 1 spiro atoms. The molecule has 32 heavy (non-hydrogen) atoms. The van der Waals surface area contributed by atoms with Gasteiger partial charge < -0.3 is 9.16 Å². The van der Waals surface area contributed by atoms with Gasteiger partial charge in [0.2, 0.25) is 0 Å². The lowest BCUT2D eigenvalue weighted by Gasteiger charge is -2.70. The van der Waals surface area contributed by atoms with Crippen LogP contribution in [-0.2, 0) is 15.8 Å². The van der Waals surface area contributed by atoms with Crippen LogP contribution in [0.5, 0.6) is 0 Å². The van der Waals surface area contributed by atoms with Crippen LogP contribution in [0, 0.1) is 16.2 Å². The normalized spacial score (nSPS) is 34.3. The first kappa shape index (κ1) is 24.2. The number of hydrogen-bond acceptors (Lipinski definition) is 2. The maximum absolute atomic E-state index is 7.04. The minimum atomic E-state index is -1.82. The summed E-state index contributed by atoms with van der Waals surface area (Å²) in [7, 11) is -1.82. The van der Waals surface area contributed by atoms with Crippen molar-refractivity contribution in [2.75, 3.05) is 6.61 Å². The number of hydrogen-bond donors (Lipinski definition) is 0. The number of rotatable bonds is 9. The highest BCUT2D eigenvalue weighted by molar-refractivity contribution is 6.74. The largest absolute Gasteiger partial charge is 0.416 e. The molecule has 1 aromatic carbocycles. The fourth-order valence-corrected chi connectivity index (χ4v) is 8.37. The zero-order valence-corrected chi connectivity index (χ0v) is 22.6. The van der Waals surface area contributed by atoms with Crippen LogP contribution in [0.3, 0.4) is 0 Å². The molecule has 4 saturated carbocycles. The lowest BCUT2D eigenvalue weighted by Crippen LogP contribution is -2.67. The average Bonchev–Trinajstić information content (AvgIpc) is 3.16. The molecule has 0 radical (unpaired) electrons. The summed E-state index contributed by atoms with van der Waals surface area (Å²) in [6.07, 6.45) is 10.4. The predicted molar refractivity (Wildman–Crippen MR) is 137 cm³/mol. The molecule has 4 fully saturated rings. The van der Waals surface area contributed by atoms with Crippen molar-refractivity contribution in [3.63, 3.8) is 0 Å². The maximum Gasteiger partial charge on any atom is 0.192 e. The second-order valence-corrected chi connectivity index (χ2v) is 17.3. The summed E-state index contributed by atoms with van der Waals surface area (Å²) in [6.45, 7) is 20.7. The Kier molecular flexibility index (Phi) is 6.36. The number of benzene rings is 1. The summed E-state index contributed by atoms with van der Waals surface area (Å²) >= 11 is 0. The molecular formula is C29H46O2Si. The zero-order chi connectivity index (χ0) is 23.3. The molecule has 4 aliphatic rings. The first-order chi connectivity index (χ1) is 15.1. The van der Waals surface area contributed by atoms with E-state index in [1.54, 1.807) is 0 Å². The average molecular weight is 455 g/mol. The minimum Gasteiger partial charge on any atom is -0.416 e. The van der Waals surface area contributed by atoms with Crippen molar-refractivity contribution in [1.82, 2.24) is 0 Å². The summed E-state index contributed by atoms with van der Waals surface area (Å²) < 4.78 is 13.8. The topological polar surface area (TPSA) is 18.5 Å². The van der Waals surface area contributed by atoms with Crippen LogP contribution >= 0.6 is 0 Å². The third-order valence-electron chi connectivity index (χ3n) is 10.1. The van der Waals surface area contributed by atoms with Crippen LogP contribution in [-0.4, -0.2) is 21.0 Å². The molecule has 0 saturated heterocycles. The van der Waals surface area contributed by atoms with Crippen molar-refractivity contribution in [2.45, 2.75) is 110 Å². The molecule has 4 atom stereocenters. The van der Waals surface area contributed by atoms with Gasteiger partial charge in [-0.3, -0.25) is 0 Å². The molecule has 0 heterocycles. The second kappa shape index (κ2) is 8.39. The summed E-state index contributed by atoms with van der Waals surface area (Å²) in [6, 6.07) is 10.7. The summed E-state index contributed by atoms with van der Waals surface area (Å²) in [5, 5.41) is 0.241. The van der Waals surface area contributed by atoms with Gasteiger partial charge in [-0.1, -0.05) is 95.9 Å². The summed E-state index contributed by atoms with van der Waals surface area (Å²) in [5.41, 5.74) is 3.36. The van der Waals surface area contributed by atoms with E-state index in [-0.39, 0.29) is 27.4 Å². The monoisotopic (exact) mass is 454 g/mol. The first-order valence-electron chi connectivity index (χ1n) is 13.1. The highest BCUT2D eigenvalue weighted by Crippen LogP contribution is 2.86. The van der Waals surface area contributed by atoms with Crippen molar-refractivity contribution >= 4 is 8.32 Å². The van der Waals surface area contributed by atoms with E-state index < -0.39 is 8.32 Å². The number of unbranched alkanes of at least 4 members (excludes halogenated alkanes) is 1. The van der Waals surface area contributed by atoms with Crippen molar-refractivity contribution in [1.29, 1.82) is 0 Å². The van der Waals surface area contributed by atoms with Gasteiger partial charge in [0.05, 0.1) is 12.7 Å². The molecule has 0 N–H and O–H groups in total. The van der Waals surface area contributed by atoms with Gasteiger partial charge in [0.25, 0.3) is 0 Å². The SMILES string of the molecule is C=C1C2(CCCC)C[C@H](OCc3ccccc3)C13CCCC[C@@]23CO[Si](C)(C)C(C)(C)C. The van der Waals surface area contributed by atoms with Crippen LogP contribution < -0.4 is 0 Å². The highest BCUT2D eigenvalue weighted by Gasteiger charge is 2.83. The first-order valence-corrected chi connectivity index (χ1v) is 16.0. The fourth-order valence-electron chi connectivity index (χ4n) is 7.33. The van der Waals surface area contributed by atoms with Gasteiger partial charge in [0.1, 0.15) is 0 Å². The number of ether oxygens (including phenoxy) is 1. The van der Waals surface area contributed by atoms with E-state index in [4.69, 9.17) is 15.7 Å². The molecule has 0 aromatic heterocycles. The maximum atomic E-state index is 7.04. The smallest absolute Gasteiger partial charge is 0.192 e. The van der Waals surface area contributed by atoms with E-state index in [9.17, 15) is 0 Å². The Labute approximate surface area is 198 Å². The van der Waals surface area contributed by atoms with Gasteiger partial charge in [0.15, 0.2) is 8.32 Å². The Bertz CT molecular complexity index is 825. The van der Waals surface area contributed by atoms with Gasteiger partial charge in [-0.05, 0) is 49.4 Å². The Morgan fingerprint density at radius 2 is 1.78 bits per heavy atom. The van der Waals surface area contributed by atoms with E-state index in [2.05, 4.69) is 71.1 Å². The Morgan fingerprint density at radius 1 is 1.09 bits per heavy atom. The van der Waals surface area contributed by atoms with E-state index in [0.717, 1.165) is 13.0 Å². The fraction of sp³-hybridized carbons (Fsp3) is 0.724.